The lowest BCUT2D eigenvalue weighted by molar-refractivity contribution is 0.317. The summed E-state index contributed by atoms with van der Waals surface area (Å²) in [5.74, 6) is 0. The Balaban J connectivity index is 2.46. The smallest absolute Gasteiger partial charge is 0.323 e. The van der Waals surface area contributed by atoms with E-state index in [9.17, 15) is 22.8 Å². The van der Waals surface area contributed by atoms with Gasteiger partial charge in [-0.15, -0.1) is 0 Å². The summed E-state index contributed by atoms with van der Waals surface area (Å²) in [6, 6.07) is 8.35. The van der Waals surface area contributed by atoms with E-state index in [-0.39, 0.29) is 39.0 Å². The molecule has 0 bridgehead atoms. The maximum Gasteiger partial charge on any atom is 0.351 e. The van der Waals surface area contributed by atoms with Crippen molar-refractivity contribution in [2.75, 3.05) is 4.31 Å². The van der Waals surface area contributed by atoms with Gasteiger partial charge >= 0.3 is 7.60 Å². The van der Waals surface area contributed by atoms with Crippen molar-refractivity contribution in [3.05, 3.63) is 58.8 Å². The van der Waals surface area contributed by atoms with E-state index in [1.54, 1.807) is 12.1 Å². The molecule has 166 valence electrons. The van der Waals surface area contributed by atoms with Gasteiger partial charge in [-0.2, -0.15) is 0 Å². The molecular formula is C19H20Cl2N3O5PS. The Labute approximate surface area is 190 Å². The number of aromatic nitrogens is 2. The Morgan fingerprint density at radius 3 is 2.16 bits per heavy atom. The molecule has 0 amide bonds. The fraction of sp³-hybridized carbons (Fsp3) is 0.263. The third-order valence-electron chi connectivity index (χ3n) is 5.12. The second-order valence-corrected chi connectivity index (χ2v) is 11.4. The molecule has 0 aliphatic rings. The highest BCUT2D eigenvalue weighted by Crippen LogP contribution is 2.59. The van der Waals surface area contributed by atoms with Gasteiger partial charge in [0.05, 0.1) is 16.1 Å². The van der Waals surface area contributed by atoms with Gasteiger partial charge in [-0.3, -0.25) is 14.5 Å². The van der Waals surface area contributed by atoms with Crippen LogP contribution in [0, 0.1) is 0 Å². The molecule has 0 radical (unpaired) electrons. The van der Waals surface area contributed by atoms with Gasteiger partial charge in [-0.25, -0.2) is 12.7 Å². The topological polar surface area (TPSA) is 121 Å². The van der Waals surface area contributed by atoms with Gasteiger partial charge in [0, 0.05) is 22.4 Å². The highest BCUT2D eigenvalue weighted by atomic mass is 35.5. The predicted molar refractivity (Wildman–Crippen MR) is 121 cm³/mol. The summed E-state index contributed by atoms with van der Waals surface area (Å²) in [5, 5.41) is -1.94. The third-order valence-corrected chi connectivity index (χ3v) is 9.47. The van der Waals surface area contributed by atoms with Gasteiger partial charge in [-0.05, 0) is 43.2 Å². The number of sulfonamides is 1. The third kappa shape index (κ3) is 4.18. The molecule has 1 aromatic heterocycles. The van der Waals surface area contributed by atoms with E-state index in [2.05, 4.69) is 9.97 Å². The largest absolute Gasteiger partial charge is 0.351 e. The Bertz CT molecular complexity index is 1250. The molecule has 12 heteroatoms. The predicted octanol–water partition coefficient (Wildman–Crippen LogP) is 4.83. The van der Waals surface area contributed by atoms with Gasteiger partial charge in [0.2, 0.25) is 0 Å². The average molecular weight is 504 g/mol. The molecule has 0 unspecified atom stereocenters. The summed E-state index contributed by atoms with van der Waals surface area (Å²) in [5.41, 5.74) is 0.547. The first-order valence-electron chi connectivity index (χ1n) is 9.25. The number of para-hydroxylation sites is 1. The van der Waals surface area contributed by atoms with Crippen molar-refractivity contribution in [2.24, 2.45) is 0 Å². The van der Waals surface area contributed by atoms with Crippen LogP contribution in [-0.2, 0) is 14.6 Å². The van der Waals surface area contributed by atoms with Crippen molar-refractivity contribution in [2.45, 2.75) is 36.9 Å². The molecule has 2 N–H and O–H groups in total. The summed E-state index contributed by atoms with van der Waals surface area (Å²) in [6.07, 6.45) is 2.48. The molecule has 0 aliphatic heterocycles. The molecule has 31 heavy (non-hydrogen) atoms. The minimum Gasteiger partial charge on any atom is -0.323 e. The lowest BCUT2D eigenvalue weighted by Crippen LogP contribution is -2.51. The van der Waals surface area contributed by atoms with E-state index in [0.717, 1.165) is 4.31 Å². The van der Waals surface area contributed by atoms with Crippen LogP contribution in [0.15, 0.2) is 53.7 Å². The first-order chi connectivity index (χ1) is 14.5. The highest BCUT2D eigenvalue weighted by molar-refractivity contribution is 7.93. The Kier molecular flexibility index (Phi) is 6.68. The Hall–Kier alpha value is -1.74. The molecule has 0 saturated heterocycles. The molecule has 0 spiro atoms. The van der Waals surface area contributed by atoms with Crippen molar-refractivity contribution in [1.29, 1.82) is 0 Å². The van der Waals surface area contributed by atoms with Crippen molar-refractivity contribution in [1.82, 2.24) is 9.97 Å². The number of hydrogen-bond donors (Lipinski definition) is 2. The van der Waals surface area contributed by atoms with Gasteiger partial charge in [0.25, 0.3) is 10.0 Å². The normalized spacial score (nSPS) is 12.8. The Morgan fingerprint density at radius 1 is 1.03 bits per heavy atom. The molecule has 1 heterocycles. The second-order valence-electron chi connectivity index (χ2n) is 6.81. The first kappa shape index (κ1) is 23.9. The van der Waals surface area contributed by atoms with Crippen LogP contribution in [0.5, 0.6) is 0 Å². The highest BCUT2D eigenvalue weighted by Gasteiger charge is 2.54. The van der Waals surface area contributed by atoms with E-state index in [4.69, 9.17) is 23.2 Å². The number of rotatable bonds is 7. The summed E-state index contributed by atoms with van der Waals surface area (Å²) in [6.45, 7) is 3.04. The molecule has 3 rings (SSSR count). The summed E-state index contributed by atoms with van der Waals surface area (Å²) in [4.78, 5) is 28.9. The fourth-order valence-electron chi connectivity index (χ4n) is 3.57. The minimum absolute atomic E-state index is 0.00581. The van der Waals surface area contributed by atoms with Crippen LogP contribution in [0.2, 0.25) is 10.0 Å². The minimum atomic E-state index is -5.01. The van der Waals surface area contributed by atoms with Crippen LogP contribution >= 0.6 is 30.8 Å². The number of halogens is 2. The summed E-state index contributed by atoms with van der Waals surface area (Å²) < 4.78 is 41.4. The second kappa shape index (κ2) is 8.65. The molecule has 0 saturated carbocycles. The van der Waals surface area contributed by atoms with Crippen molar-refractivity contribution in [3.8, 4) is 0 Å². The van der Waals surface area contributed by atoms with Crippen LogP contribution in [0.1, 0.15) is 26.7 Å². The molecule has 8 nitrogen and oxygen atoms in total. The number of benzene rings is 2. The van der Waals surface area contributed by atoms with E-state index >= 15 is 0 Å². The molecule has 3 aromatic rings. The van der Waals surface area contributed by atoms with E-state index in [1.165, 1.54) is 50.5 Å². The van der Waals surface area contributed by atoms with Gasteiger partial charge in [0.15, 0.2) is 5.28 Å². The molecular weight excluding hydrogens is 484 g/mol. The SMILES string of the molecule is CCC(CC)(N(c1cccc2nccnc12)S(=O)(=O)c1cc(Cl)cc(Cl)c1)P(=O)(O)O. The number of hydrogen-bond acceptors (Lipinski definition) is 5. The first-order valence-corrected chi connectivity index (χ1v) is 13.1. The lowest BCUT2D eigenvalue weighted by atomic mass is 10.1. The standard InChI is InChI=1S/C19H20Cl2N3O5PS/c1-3-19(4-2,30(25,26)27)24(17-7-5-6-16-18(17)23-9-8-22-16)31(28,29)15-11-13(20)10-14(21)12-15/h5-12H,3-4H2,1-2H3,(H2,25,26,27). The number of nitrogens with zero attached hydrogens (tertiary/aromatic N) is 3. The van der Waals surface area contributed by atoms with Crippen molar-refractivity contribution >= 4 is 57.5 Å². The maximum atomic E-state index is 13.9. The molecule has 2 aromatic carbocycles. The zero-order valence-electron chi connectivity index (χ0n) is 16.6. The van der Waals surface area contributed by atoms with Crippen LogP contribution < -0.4 is 4.31 Å². The van der Waals surface area contributed by atoms with Crippen LogP contribution in [0.25, 0.3) is 11.0 Å². The van der Waals surface area contributed by atoms with E-state index < -0.39 is 22.9 Å². The zero-order chi connectivity index (χ0) is 23.0. The van der Waals surface area contributed by atoms with Crippen molar-refractivity contribution < 1.29 is 22.8 Å². The van der Waals surface area contributed by atoms with Gasteiger partial charge in [-0.1, -0.05) is 43.1 Å². The Morgan fingerprint density at radius 2 is 1.61 bits per heavy atom. The van der Waals surface area contributed by atoms with Gasteiger partial charge in [0.1, 0.15) is 5.52 Å². The quantitative estimate of drug-likeness (QED) is 0.443. The maximum absolute atomic E-state index is 13.9. The lowest BCUT2D eigenvalue weighted by Gasteiger charge is -2.43. The average Bonchev–Trinajstić information content (AvgIpc) is 2.70. The van der Waals surface area contributed by atoms with Crippen LogP contribution in [0.4, 0.5) is 5.69 Å². The van der Waals surface area contributed by atoms with Crippen LogP contribution in [0.3, 0.4) is 0 Å². The number of fused-ring (bicyclic) bond motifs is 1. The fourth-order valence-corrected chi connectivity index (χ4v) is 7.91. The van der Waals surface area contributed by atoms with Gasteiger partial charge < -0.3 is 9.79 Å². The summed E-state index contributed by atoms with van der Waals surface area (Å²) >= 11 is 12.1. The molecule has 0 atom stereocenters. The van der Waals surface area contributed by atoms with E-state index in [1.807, 2.05) is 0 Å². The molecule has 0 aliphatic carbocycles. The summed E-state index contributed by atoms with van der Waals surface area (Å²) in [7, 11) is -9.57. The number of anilines is 1. The zero-order valence-corrected chi connectivity index (χ0v) is 19.8. The molecule has 0 fully saturated rings. The van der Waals surface area contributed by atoms with Crippen molar-refractivity contribution in [3.63, 3.8) is 0 Å². The van der Waals surface area contributed by atoms with Crippen LogP contribution in [-0.4, -0.2) is 33.5 Å². The monoisotopic (exact) mass is 503 g/mol. The van der Waals surface area contributed by atoms with E-state index in [0.29, 0.717) is 5.52 Å².